The van der Waals surface area contributed by atoms with E-state index in [9.17, 15) is 4.79 Å². The monoisotopic (exact) mass is 346 g/mol. The minimum absolute atomic E-state index is 0.141. The van der Waals surface area contributed by atoms with Crippen LogP contribution in [0.3, 0.4) is 0 Å². The number of carboxylic acids is 1. The Morgan fingerprint density at radius 2 is 1.72 bits per heavy atom. The highest BCUT2D eigenvalue weighted by Crippen LogP contribution is 2.26. The number of nitrogens with one attached hydrogen (secondary N) is 1. The van der Waals surface area contributed by atoms with E-state index in [1.165, 1.54) is 11.1 Å². The molecule has 1 unspecified atom stereocenters. The van der Waals surface area contributed by atoms with Crippen LogP contribution in [0.4, 0.5) is 0 Å². The summed E-state index contributed by atoms with van der Waals surface area (Å²) in [4.78, 5) is 13.6. The van der Waals surface area contributed by atoms with Gasteiger partial charge in [0.25, 0.3) is 0 Å². The number of carboxylic acid groups (broad SMARTS) is 1. The average molecular weight is 347 g/mol. The van der Waals surface area contributed by atoms with Crippen molar-refractivity contribution in [1.29, 1.82) is 0 Å². The molecule has 0 amide bonds. The summed E-state index contributed by atoms with van der Waals surface area (Å²) in [5.41, 5.74) is 2.75. The van der Waals surface area contributed by atoms with Crippen LogP contribution in [0.2, 0.25) is 0 Å². The number of hydrogen-bond donors (Lipinski definition) is 2. The lowest BCUT2D eigenvalue weighted by molar-refractivity contribution is -0.142. The lowest BCUT2D eigenvalue weighted by Crippen LogP contribution is -2.41. The molecule has 0 aliphatic heterocycles. The molecule has 0 saturated heterocycles. The van der Waals surface area contributed by atoms with Crippen molar-refractivity contribution >= 4 is 5.97 Å². The van der Waals surface area contributed by atoms with Crippen LogP contribution in [-0.4, -0.2) is 41.7 Å². The molecule has 1 atom stereocenters. The topological polar surface area (TPSA) is 52.6 Å². The van der Waals surface area contributed by atoms with Gasteiger partial charge in [-0.3, -0.25) is 9.69 Å². The van der Waals surface area contributed by atoms with E-state index in [-0.39, 0.29) is 5.92 Å². The number of aryl methyl sites for hydroxylation is 1. The molecule has 0 spiro atoms. The zero-order chi connectivity index (χ0) is 18.2. The van der Waals surface area contributed by atoms with Gasteiger partial charge in [0.05, 0.1) is 5.92 Å². The molecule has 1 aliphatic rings. The third-order valence-corrected chi connectivity index (χ3v) is 5.70. The highest BCUT2D eigenvalue weighted by Gasteiger charge is 2.27. The van der Waals surface area contributed by atoms with Crippen LogP contribution < -0.4 is 5.32 Å². The predicted molar refractivity (Wildman–Crippen MR) is 103 cm³/mol. The van der Waals surface area contributed by atoms with Crippen molar-refractivity contribution in [3.05, 3.63) is 35.4 Å². The normalized spacial score (nSPS) is 22.1. The Balaban J connectivity index is 1.98. The van der Waals surface area contributed by atoms with Gasteiger partial charge in [-0.25, -0.2) is 0 Å². The number of benzene rings is 1. The fraction of sp³-hybridized carbons (Fsp3) is 0.667. The van der Waals surface area contributed by atoms with Gasteiger partial charge < -0.3 is 10.4 Å². The number of aliphatic carboxylic acids is 1. The second-order valence-electron chi connectivity index (χ2n) is 7.13. The molecular formula is C21H34N2O2. The maximum atomic E-state index is 11.1. The highest BCUT2D eigenvalue weighted by atomic mass is 16.4. The second kappa shape index (κ2) is 9.93. The molecule has 1 saturated carbocycles. The Morgan fingerprint density at radius 3 is 2.20 bits per heavy atom. The molecule has 4 heteroatoms. The zero-order valence-corrected chi connectivity index (χ0v) is 16.0. The summed E-state index contributed by atoms with van der Waals surface area (Å²) in [6, 6.07) is 9.84. The smallest absolute Gasteiger partial charge is 0.306 e. The van der Waals surface area contributed by atoms with Crippen molar-refractivity contribution < 1.29 is 9.90 Å². The maximum absolute atomic E-state index is 11.1. The highest BCUT2D eigenvalue weighted by molar-refractivity contribution is 5.70. The number of carbonyl (C=O) groups is 1. The van der Waals surface area contributed by atoms with Crippen LogP contribution in [-0.2, 0) is 11.2 Å². The minimum atomic E-state index is -0.629. The van der Waals surface area contributed by atoms with Crippen molar-refractivity contribution in [2.75, 3.05) is 19.6 Å². The van der Waals surface area contributed by atoms with Crippen molar-refractivity contribution in [1.82, 2.24) is 10.2 Å². The van der Waals surface area contributed by atoms with Crippen LogP contribution in [0.5, 0.6) is 0 Å². The molecule has 1 aromatic carbocycles. The largest absolute Gasteiger partial charge is 0.481 e. The van der Waals surface area contributed by atoms with E-state index < -0.39 is 5.97 Å². The first-order chi connectivity index (χ1) is 12.1. The van der Waals surface area contributed by atoms with E-state index in [1.807, 2.05) is 0 Å². The first-order valence-electron chi connectivity index (χ1n) is 9.88. The third-order valence-electron chi connectivity index (χ3n) is 5.70. The van der Waals surface area contributed by atoms with E-state index in [4.69, 9.17) is 5.11 Å². The molecule has 1 fully saturated rings. The quantitative estimate of drug-likeness (QED) is 0.713. The Labute approximate surface area is 152 Å². The molecule has 0 aromatic heterocycles. The van der Waals surface area contributed by atoms with E-state index in [0.29, 0.717) is 12.1 Å². The van der Waals surface area contributed by atoms with Crippen molar-refractivity contribution in [3.8, 4) is 0 Å². The Kier molecular flexibility index (Phi) is 7.91. The summed E-state index contributed by atoms with van der Waals surface area (Å²) in [6.45, 7) is 9.61. The van der Waals surface area contributed by atoms with Gasteiger partial charge in [0.2, 0.25) is 0 Å². The van der Waals surface area contributed by atoms with Crippen molar-refractivity contribution in [3.63, 3.8) is 0 Å². The summed E-state index contributed by atoms with van der Waals surface area (Å²) in [6.07, 6.45) is 4.61. The molecule has 0 radical (unpaired) electrons. The van der Waals surface area contributed by atoms with Gasteiger partial charge in [-0.05, 0) is 56.3 Å². The standard InChI is InChI=1S/C21H34N2O2/c1-4-16-7-9-17(10-8-16)20(23(5-2)6-3)15-22-19-13-11-18(12-14-19)21(24)25/h7-10,18-20,22H,4-6,11-15H2,1-3H3,(H,24,25). The Morgan fingerprint density at radius 1 is 1.12 bits per heavy atom. The molecule has 2 N–H and O–H groups in total. The molecular weight excluding hydrogens is 312 g/mol. The summed E-state index contributed by atoms with van der Waals surface area (Å²) in [5.74, 6) is -0.770. The molecule has 2 rings (SSSR count). The van der Waals surface area contributed by atoms with Gasteiger partial charge in [-0.2, -0.15) is 0 Å². The summed E-state index contributed by atoms with van der Waals surface area (Å²) in [7, 11) is 0. The minimum Gasteiger partial charge on any atom is -0.481 e. The number of likely N-dealkylation sites (N-methyl/N-ethyl adjacent to an activating group) is 1. The van der Waals surface area contributed by atoms with Gasteiger partial charge >= 0.3 is 5.97 Å². The second-order valence-corrected chi connectivity index (χ2v) is 7.13. The first-order valence-corrected chi connectivity index (χ1v) is 9.88. The van der Waals surface area contributed by atoms with E-state index in [2.05, 4.69) is 55.3 Å². The van der Waals surface area contributed by atoms with Crippen molar-refractivity contribution in [2.45, 2.75) is 65.0 Å². The lowest BCUT2D eigenvalue weighted by Gasteiger charge is -2.33. The maximum Gasteiger partial charge on any atom is 0.306 e. The number of rotatable bonds is 9. The van der Waals surface area contributed by atoms with Crippen molar-refractivity contribution in [2.24, 2.45) is 5.92 Å². The average Bonchev–Trinajstić information content (AvgIpc) is 2.65. The Hall–Kier alpha value is -1.39. The number of hydrogen-bond acceptors (Lipinski definition) is 3. The SMILES string of the molecule is CCc1ccc(C(CNC2CCC(C(=O)O)CC2)N(CC)CC)cc1. The first kappa shape index (κ1) is 19.9. The number of nitrogens with zero attached hydrogens (tertiary/aromatic N) is 1. The zero-order valence-electron chi connectivity index (χ0n) is 16.0. The molecule has 1 aromatic rings. The molecule has 0 heterocycles. The van der Waals surface area contributed by atoms with E-state index >= 15 is 0 Å². The van der Waals surface area contributed by atoms with Gasteiger partial charge in [0, 0.05) is 18.6 Å². The predicted octanol–water partition coefficient (Wildman–Crippen LogP) is 3.86. The fourth-order valence-electron chi connectivity index (χ4n) is 3.92. The molecule has 25 heavy (non-hydrogen) atoms. The fourth-order valence-corrected chi connectivity index (χ4v) is 3.92. The Bertz CT molecular complexity index is 517. The van der Waals surface area contributed by atoms with Gasteiger partial charge in [0.15, 0.2) is 0 Å². The van der Waals surface area contributed by atoms with Crippen LogP contribution in [0, 0.1) is 5.92 Å². The van der Waals surface area contributed by atoms with Crippen LogP contribution in [0.15, 0.2) is 24.3 Å². The van der Waals surface area contributed by atoms with Crippen LogP contribution >= 0.6 is 0 Å². The van der Waals surface area contributed by atoms with E-state index in [0.717, 1.165) is 51.7 Å². The van der Waals surface area contributed by atoms with Gasteiger partial charge in [0.1, 0.15) is 0 Å². The van der Waals surface area contributed by atoms with Crippen LogP contribution in [0.1, 0.15) is 63.6 Å². The summed E-state index contributed by atoms with van der Waals surface area (Å²) >= 11 is 0. The molecule has 1 aliphatic carbocycles. The molecule has 140 valence electrons. The summed E-state index contributed by atoms with van der Waals surface area (Å²) in [5, 5.41) is 12.9. The summed E-state index contributed by atoms with van der Waals surface area (Å²) < 4.78 is 0. The van der Waals surface area contributed by atoms with E-state index in [1.54, 1.807) is 0 Å². The lowest BCUT2D eigenvalue weighted by atomic mass is 9.86. The third kappa shape index (κ3) is 5.55. The van der Waals surface area contributed by atoms with Gasteiger partial charge in [-0.1, -0.05) is 45.0 Å². The molecule has 0 bridgehead atoms. The van der Waals surface area contributed by atoms with Crippen LogP contribution in [0.25, 0.3) is 0 Å². The molecule has 4 nitrogen and oxygen atoms in total. The van der Waals surface area contributed by atoms with Gasteiger partial charge in [-0.15, -0.1) is 0 Å².